The van der Waals surface area contributed by atoms with Gasteiger partial charge in [0, 0.05) is 12.1 Å². The van der Waals surface area contributed by atoms with Crippen LogP contribution < -0.4 is 5.32 Å². The SMILES string of the molecule is CCCCCC(CCCCC)NC1CC=CCC1. The molecule has 0 aliphatic heterocycles. The number of allylic oxidation sites excluding steroid dienone is 1. The van der Waals surface area contributed by atoms with E-state index < -0.39 is 0 Å². The van der Waals surface area contributed by atoms with Crippen LogP contribution in [0, 0.1) is 0 Å². The molecule has 0 bridgehead atoms. The number of hydrogen-bond donors (Lipinski definition) is 1. The molecule has 0 aromatic carbocycles. The Morgan fingerprint density at radius 3 is 2.17 bits per heavy atom. The number of nitrogens with one attached hydrogen (secondary N) is 1. The van der Waals surface area contributed by atoms with E-state index in [0.29, 0.717) is 0 Å². The van der Waals surface area contributed by atoms with E-state index in [0.717, 1.165) is 12.1 Å². The Balaban J connectivity index is 2.25. The van der Waals surface area contributed by atoms with Crippen LogP contribution in [0.2, 0.25) is 0 Å². The Morgan fingerprint density at radius 2 is 1.67 bits per heavy atom. The maximum absolute atomic E-state index is 3.92. The highest BCUT2D eigenvalue weighted by Crippen LogP contribution is 2.16. The molecular weight excluding hydrogens is 218 g/mol. The largest absolute Gasteiger partial charge is 0.311 e. The molecule has 1 nitrogen and oxygen atoms in total. The van der Waals surface area contributed by atoms with Crippen molar-refractivity contribution in [2.75, 3.05) is 0 Å². The van der Waals surface area contributed by atoms with Crippen LogP contribution in [0.5, 0.6) is 0 Å². The van der Waals surface area contributed by atoms with Crippen molar-refractivity contribution in [3.63, 3.8) is 0 Å². The molecule has 1 N–H and O–H groups in total. The molecule has 1 unspecified atom stereocenters. The predicted octanol–water partition coefficient (Wildman–Crippen LogP) is 5.21. The van der Waals surface area contributed by atoms with Crippen LogP contribution >= 0.6 is 0 Å². The Kier molecular flexibility index (Phi) is 9.28. The summed E-state index contributed by atoms with van der Waals surface area (Å²) in [6, 6.07) is 1.53. The standard InChI is InChI=1S/C17H33N/c1-3-5-8-12-16(13-9-6-4-2)18-17-14-10-7-11-15-17/h7,10,16-18H,3-6,8-9,11-15H2,1-2H3. The Morgan fingerprint density at radius 1 is 1.00 bits per heavy atom. The van der Waals surface area contributed by atoms with Crippen molar-refractivity contribution < 1.29 is 0 Å². The third kappa shape index (κ3) is 7.20. The molecule has 0 heterocycles. The van der Waals surface area contributed by atoms with Crippen molar-refractivity contribution in [3.05, 3.63) is 12.2 Å². The molecule has 0 amide bonds. The minimum Gasteiger partial charge on any atom is -0.311 e. The summed E-state index contributed by atoms with van der Waals surface area (Å²) in [4.78, 5) is 0. The summed E-state index contributed by atoms with van der Waals surface area (Å²) >= 11 is 0. The lowest BCUT2D eigenvalue weighted by Gasteiger charge is -2.27. The van der Waals surface area contributed by atoms with Gasteiger partial charge in [-0.3, -0.25) is 0 Å². The molecule has 0 aromatic heterocycles. The van der Waals surface area contributed by atoms with E-state index in [1.807, 2.05) is 0 Å². The van der Waals surface area contributed by atoms with Crippen molar-refractivity contribution in [1.29, 1.82) is 0 Å². The first-order valence-corrected chi connectivity index (χ1v) is 8.27. The first-order valence-electron chi connectivity index (χ1n) is 8.27. The van der Waals surface area contributed by atoms with E-state index in [1.165, 1.54) is 70.6 Å². The van der Waals surface area contributed by atoms with Crippen molar-refractivity contribution in [3.8, 4) is 0 Å². The maximum Gasteiger partial charge on any atom is 0.0107 e. The number of unbranched alkanes of at least 4 members (excludes halogenated alkanes) is 4. The maximum atomic E-state index is 3.92. The van der Waals surface area contributed by atoms with Gasteiger partial charge in [-0.25, -0.2) is 0 Å². The van der Waals surface area contributed by atoms with Gasteiger partial charge < -0.3 is 5.32 Å². The molecule has 1 aliphatic carbocycles. The average Bonchev–Trinajstić information content (AvgIpc) is 2.40. The topological polar surface area (TPSA) is 12.0 Å². The summed E-state index contributed by atoms with van der Waals surface area (Å²) in [6.45, 7) is 4.59. The van der Waals surface area contributed by atoms with E-state index in [-0.39, 0.29) is 0 Å². The van der Waals surface area contributed by atoms with Crippen molar-refractivity contribution in [1.82, 2.24) is 5.32 Å². The van der Waals surface area contributed by atoms with Crippen molar-refractivity contribution >= 4 is 0 Å². The Bertz CT molecular complexity index is 200. The average molecular weight is 251 g/mol. The summed E-state index contributed by atoms with van der Waals surface area (Å²) in [5.74, 6) is 0. The summed E-state index contributed by atoms with van der Waals surface area (Å²) in [5, 5.41) is 3.92. The fourth-order valence-electron chi connectivity index (χ4n) is 2.87. The van der Waals surface area contributed by atoms with Gasteiger partial charge in [0.1, 0.15) is 0 Å². The quantitative estimate of drug-likeness (QED) is 0.415. The van der Waals surface area contributed by atoms with E-state index >= 15 is 0 Å². The highest BCUT2D eigenvalue weighted by atomic mass is 14.9. The van der Waals surface area contributed by atoms with Gasteiger partial charge in [0.15, 0.2) is 0 Å². The van der Waals surface area contributed by atoms with Crippen molar-refractivity contribution in [2.45, 2.75) is 96.6 Å². The molecule has 0 radical (unpaired) electrons. The van der Waals surface area contributed by atoms with Gasteiger partial charge in [-0.15, -0.1) is 0 Å². The monoisotopic (exact) mass is 251 g/mol. The fourth-order valence-corrected chi connectivity index (χ4v) is 2.87. The van der Waals surface area contributed by atoms with Gasteiger partial charge in [0.05, 0.1) is 0 Å². The third-order valence-corrected chi connectivity index (χ3v) is 4.05. The Hall–Kier alpha value is -0.300. The van der Waals surface area contributed by atoms with Crippen LogP contribution in [0.1, 0.15) is 84.5 Å². The lowest BCUT2D eigenvalue weighted by atomic mass is 9.97. The zero-order valence-electron chi connectivity index (χ0n) is 12.6. The van der Waals surface area contributed by atoms with Crippen LogP contribution in [-0.4, -0.2) is 12.1 Å². The molecule has 0 saturated heterocycles. The zero-order chi connectivity index (χ0) is 13.1. The molecule has 0 aromatic rings. The molecule has 0 fully saturated rings. The second kappa shape index (κ2) is 10.6. The van der Waals surface area contributed by atoms with Gasteiger partial charge in [-0.05, 0) is 32.1 Å². The molecule has 0 spiro atoms. The normalized spacial score (nSPS) is 19.6. The summed E-state index contributed by atoms with van der Waals surface area (Å²) in [7, 11) is 0. The molecule has 1 atom stereocenters. The first-order chi connectivity index (χ1) is 8.86. The number of rotatable bonds is 10. The number of hydrogen-bond acceptors (Lipinski definition) is 1. The molecular formula is C17H33N. The van der Waals surface area contributed by atoms with Crippen LogP contribution in [0.25, 0.3) is 0 Å². The molecule has 106 valence electrons. The lowest BCUT2D eigenvalue weighted by Crippen LogP contribution is -2.38. The van der Waals surface area contributed by atoms with E-state index in [4.69, 9.17) is 0 Å². The molecule has 1 aliphatic rings. The van der Waals surface area contributed by atoms with Crippen LogP contribution in [0.4, 0.5) is 0 Å². The minimum absolute atomic E-state index is 0.753. The van der Waals surface area contributed by atoms with Gasteiger partial charge in [0.2, 0.25) is 0 Å². The lowest BCUT2D eigenvalue weighted by molar-refractivity contribution is 0.354. The second-order valence-corrected chi connectivity index (χ2v) is 5.84. The van der Waals surface area contributed by atoms with E-state index in [2.05, 4.69) is 31.3 Å². The zero-order valence-corrected chi connectivity index (χ0v) is 12.6. The van der Waals surface area contributed by atoms with Crippen LogP contribution in [0.15, 0.2) is 12.2 Å². The first kappa shape index (κ1) is 15.8. The molecule has 1 rings (SSSR count). The molecule has 18 heavy (non-hydrogen) atoms. The molecule has 1 heteroatoms. The fraction of sp³-hybridized carbons (Fsp3) is 0.882. The summed E-state index contributed by atoms with van der Waals surface area (Å²) in [6.07, 6.45) is 19.6. The smallest absolute Gasteiger partial charge is 0.0107 e. The summed E-state index contributed by atoms with van der Waals surface area (Å²) < 4.78 is 0. The van der Waals surface area contributed by atoms with Gasteiger partial charge in [0.25, 0.3) is 0 Å². The Labute approximate surface area is 114 Å². The van der Waals surface area contributed by atoms with Crippen LogP contribution in [-0.2, 0) is 0 Å². The van der Waals surface area contributed by atoms with Crippen molar-refractivity contribution in [2.24, 2.45) is 0 Å². The predicted molar refractivity (Wildman–Crippen MR) is 82.0 cm³/mol. The van der Waals surface area contributed by atoms with Gasteiger partial charge in [-0.1, -0.05) is 64.5 Å². The van der Waals surface area contributed by atoms with E-state index in [9.17, 15) is 0 Å². The van der Waals surface area contributed by atoms with Gasteiger partial charge >= 0.3 is 0 Å². The highest BCUT2D eigenvalue weighted by Gasteiger charge is 2.15. The van der Waals surface area contributed by atoms with Gasteiger partial charge in [-0.2, -0.15) is 0 Å². The molecule has 0 saturated carbocycles. The third-order valence-electron chi connectivity index (χ3n) is 4.05. The van der Waals surface area contributed by atoms with E-state index in [1.54, 1.807) is 0 Å². The summed E-state index contributed by atoms with van der Waals surface area (Å²) in [5.41, 5.74) is 0. The second-order valence-electron chi connectivity index (χ2n) is 5.84. The van der Waals surface area contributed by atoms with Crippen LogP contribution in [0.3, 0.4) is 0 Å². The minimum atomic E-state index is 0.753. The highest BCUT2D eigenvalue weighted by molar-refractivity contribution is 4.93.